The van der Waals surface area contributed by atoms with Gasteiger partial charge < -0.3 is 24.5 Å². The highest BCUT2D eigenvalue weighted by atomic mass is 19.1. The number of ether oxygens (including phenoxy) is 3. The number of aromatic nitrogens is 1. The zero-order valence-electron chi connectivity index (χ0n) is 21.2. The van der Waals surface area contributed by atoms with Crippen molar-refractivity contribution in [1.82, 2.24) is 4.98 Å². The highest BCUT2D eigenvalue weighted by Crippen LogP contribution is 2.34. The van der Waals surface area contributed by atoms with Crippen molar-refractivity contribution in [3.05, 3.63) is 125 Å². The first-order chi connectivity index (χ1) is 18.7. The van der Waals surface area contributed by atoms with Gasteiger partial charge in [-0.2, -0.15) is 0 Å². The number of para-hydroxylation sites is 1. The van der Waals surface area contributed by atoms with Crippen molar-refractivity contribution < 1.29 is 23.9 Å². The average Bonchev–Trinajstić information content (AvgIpc) is 3.34. The van der Waals surface area contributed by atoms with E-state index in [1.165, 1.54) is 22.7 Å². The van der Waals surface area contributed by atoms with Crippen LogP contribution in [-0.2, 0) is 19.6 Å². The fourth-order valence-corrected chi connectivity index (χ4v) is 5.25. The van der Waals surface area contributed by atoms with Crippen molar-refractivity contribution >= 4 is 10.9 Å². The first kappa shape index (κ1) is 24.1. The van der Waals surface area contributed by atoms with Crippen LogP contribution in [0.2, 0.25) is 0 Å². The Balaban J connectivity index is 1.27. The number of fused-ring (bicyclic) bond motifs is 3. The fraction of sp³-hybridized carbons (Fsp3) is 0.188. The SMILES string of the molecule is COc1ccc([C@@H]2[NH2+]CCc3c2[nH]c2ccc(OCc4ccccc4)cc32)cc1COc1ccccc1F. The predicted molar refractivity (Wildman–Crippen MR) is 145 cm³/mol. The van der Waals surface area contributed by atoms with E-state index in [2.05, 4.69) is 46.7 Å². The molecule has 5 nitrogen and oxygen atoms in total. The van der Waals surface area contributed by atoms with Crippen molar-refractivity contribution in [2.24, 2.45) is 0 Å². The van der Waals surface area contributed by atoms with E-state index in [1.807, 2.05) is 30.3 Å². The average molecular weight is 510 g/mol. The zero-order valence-corrected chi connectivity index (χ0v) is 21.2. The van der Waals surface area contributed by atoms with Gasteiger partial charge in [0, 0.05) is 28.5 Å². The fourth-order valence-electron chi connectivity index (χ4n) is 5.25. The summed E-state index contributed by atoms with van der Waals surface area (Å²) in [6.07, 6.45) is 0.980. The van der Waals surface area contributed by atoms with Crippen molar-refractivity contribution in [3.8, 4) is 17.2 Å². The third-order valence-electron chi connectivity index (χ3n) is 7.15. The molecule has 192 valence electrons. The second-order valence-corrected chi connectivity index (χ2v) is 9.54. The molecule has 0 bridgehead atoms. The number of H-pyrrole nitrogens is 1. The summed E-state index contributed by atoms with van der Waals surface area (Å²) in [4.78, 5) is 3.68. The number of benzene rings is 4. The monoisotopic (exact) mass is 509 g/mol. The molecule has 0 radical (unpaired) electrons. The van der Waals surface area contributed by atoms with E-state index in [1.54, 1.807) is 25.3 Å². The molecule has 0 saturated heterocycles. The molecule has 38 heavy (non-hydrogen) atoms. The summed E-state index contributed by atoms with van der Waals surface area (Å²) in [5.41, 5.74) is 6.81. The Labute approximate surface area is 221 Å². The number of aromatic amines is 1. The molecule has 0 saturated carbocycles. The number of hydrogen-bond acceptors (Lipinski definition) is 3. The lowest BCUT2D eigenvalue weighted by molar-refractivity contribution is -0.690. The number of rotatable bonds is 8. The van der Waals surface area contributed by atoms with Crippen LogP contribution < -0.4 is 19.5 Å². The minimum absolute atomic E-state index is 0.109. The highest BCUT2D eigenvalue weighted by molar-refractivity contribution is 5.86. The molecular weight excluding hydrogens is 479 g/mol. The van der Waals surface area contributed by atoms with Gasteiger partial charge in [0.2, 0.25) is 0 Å². The number of hydrogen-bond donors (Lipinski definition) is 2. The maximum Gasteiger partial charge on any atom is 0.165 e. The Hall–Kier alpha value is -4.29. The normalized spacial score (nSPS) is 14.7. The van der Waals surface area contributed by atoms with Gasteiger partial charge in [-0.15, -0.1) is 0 Å². The Morgan fingerprint density at radius 2 is 1.71 bits per heavy atom. The molecule has 4 aromatic carbocycles. The maximum atomic E-state index is 14.1. The smallest absolute Gasteiger partial charge is 0.165 e. The number of nitrogens with one attached hydrogen (secondary N) is 1. The molecule has 1 aliphatic rings. The molecule has 0 amide bonds. The topological polar surface area (TPSA) is 60.1 Å². The van der Waals surface area contributed by atoms with Gasteiger partial charge in [-0.1, -0.05) is 42.5 Å². The Morgan fingerprint density at radius 1 is 0.868 bits per heavy atom. The number of quaternary nitrogens is 1. The van der Waals surface area contributed by atoms with Crippen LogP contribution in [0.3, 0.4) is 0 Å². The van der Waals surface area contributed by atoms with Crippen LogP contribution in [0.5, 0.6) is 17.2 Å². The van der Waals surface area contributed by atoms with Crippen molar-refractivity contribution in [2.75, 3.05) is 13.7 Å². The molecule has 6 rings (SSSR count). The van der Waals surface area contributed by atoms with Gasteiger partial charge in [-0.05, 0) is 59.7 Å². The second kappa shape index (κ2) is 10.6. The molecule has 3 N–H and O–H groups in total. The van der Waals surface area contributed by atoms with Crippen molar-refractivity contribution in [3.63, 3.8) is 0 Å². The maximum absolute atomic E-state index is 14.1. The van der Waals surface area contributed by atoms with E-state index in [0.717, 1.165) is 46.7 Å². The highest BCUT2D eigenvalue weighted by Gasteiger charge is 2.29. The lowest BCUT2D eigenvalue weighted by Crippen LogP contribution is -2.87. The number of methoxy groups -OCH3 is 1. The van der Waals surface area contributed by atoms with Crippen LogP contribution in [-0.4, -0.2) is 18.6 Å². The van der Waals surface area contributed by atoms with Gasteiger partial charge in [-0.25, -0.2) is 4.39 Å². The molecule has 1 aliphatic heterocycles. The molecule has 0 unspecified atom stereocenters. The minimum Gasteiger partial charge on any atom is -0.496 e. The molecule has 1 aromatic heterocycles. The summed E-state index contributed by atoms with van der Waals surface area (Å²) >= 11 is 0. The molecule has 0 fully saturated rings. The van der Waals surface area contributed by atoms with Gasteiger partial charge in [0.05, 0.1) is 19.3 Å². The van der Waals surface area contributed by atoms with E-state index in [-0.39, 0.29) is 24.2 Å². The summed E-state index contributed by atoms with van der Waals surface area (Å²) in [7, 11) is 1.64. The van der Waals surface area contributed by atoms with Crippen LogP contribution in [0.1, 0.15) is 34.0 Å². The molecular formula is C32H30FN2O3+. The van der Waals surface area contributed by atoms with Crippen molar-refractivity contribution in [2.45, 2.75) is 25.7 Å². The van der Waals surface area contributed by atoms with Gasteiger partial charge in [0.25, 0.3) is 0 Å². The lowest BCUT2D eigenvalue weighted by atomic mass is 9.93. The Bertz CT molecular complexity index is 1560. The summed E-state index contributed by atoms with van der Waals surface area (Å²) < 4.78 is 31.6. The standard InChI is InChI=1S/C32H29FN2O3/c1-36-29-14-11-22(17-23(29)20-38-30-10-6-5-9-27(30)33)31-32-25(15-16-34-31)26-18-24(12-13-28(26)35-32)37-19-21-7-3-2-4-8-21/h2-14,17-18,31,34-35H,15-16,19-20H2,1H3/p+1/t31-/m0/s1. The lowest BCUT2D eigenvalue weighted by Gasteiger charge is -2.22. The molecule has 1 atom stereocenters. The summed E-state index contributed by atoms with van der Waals surface area (Å²) in [6, 6.07) is 29.2. The number of nitrogens with two attached hydrogens (primary N) is 1. The minimum atomic E-state index is -0.377. The summed E-state index contributed by atoms with van der Waals surface area (Å²) in [5.74, 6) is 1.44. The molecule has 0 aliphatic carbocycles. The van der Waals surface area contributed by atoms with Gasteiger partial charge >= 0.3 is 0 Å². The van der Waals surface area contributed by atoms with Crippen LogP contribution in [0, 0.1) is 5.82 Å². The van der Waals surface area contributed by atoms with E-state index in [9.17, 15) is 4.39 Å². The van der Waals surface area contributed by atoms with Crippen LogP contribution >= 0.6 is 0 Å². The van der Waals surface area contributed by atoms with Gasteiger partial charge in [0.1, 0.15) is 24.7 Å². The quantitative estimate of drug-likeness (QED) is 0.283. The third-order valence-corrected chi connectivity index (χ3v) is 7.15. The van der Waals surface area contributed by atoms with Crippen LogP contribution in [0.25, 0.3) is 10.9 Å². The first-order valence-corrected chi connectivity index (χ1v) is 12.9. The molecule has 6 heteroatoms. The van der Waals surface area contributed by atoms with E-state index >= 15 is 0 Å². The molecule has 0 spiro atoms. The largest absolute Gasteiger partial charge is 0.496 e. The zero-order chi connectivity index (χ0) is 25.9. The first-order valence-electron chi connectivity index (χ1n) is 12.9. The Kier molecular flexibility index (Phi) is 6.71. The van der Waals surface area contributed by atoms with Crippen LogP contribution in [0.15, 0.2) is 91.0 Å². The summed E-state index contributed by atoms with van der Waals surface area (Å²) in [6.45, 7) is 1.73. The van der Waals surface area contributed by atoms with Crippen molar-refractivity contribution in [1.29, 1.82) is 0 Å². The second-order valence-electron chi connectivity index (χ2n) is 9.54. The van der Waals surface area contributed by atoms with Crippen LogP contribution in [0.4, 0.5) is 4.39 Å². The van der Waals surface area contributed by atoms with Gasteiger partial charge in [0.15, 0.2) is 17.6 Å². The van der Waals surface area contributed by atoms with E-state index in [0.29, 0.717) is 6.61 Å². The number of halogens is 1. The predicted octanol–water partition coefficient (Wildman–Crippen LogP) is 5.68. The Morgan fingerprint density at radius 3 is 2.55 bits per heavy atom. The molecule has 5 aromatic rings. The summed E-state index contributed by atoms with van der Waals surface area (Å²) in [5, 5.41) is 3.56. The van der Waals surface area contributed by atoms with E-state index < -0.39 is 0 Å². The molecule has 2 heterocycles. The third kappa shape index (κ3) is 4.83. The van der Waals surface area contributed by atoms with E-state index in [4.69, 9.17) is 14.2 Å². The van der Waals surface area contributed by atoms with Gasteiger partial charge in [-0.3, -0.25) is 0 Å².